The first-order valence-corrected chi connectivity index (χ1v) is 10.2. The quantitative estimate of drug-likeness (QED) is 0.378. The van der Waals surface area contributed by atoms with E-state index in [9.17, 15) is 9.59 Å². The number of imidazole rings is 1. The van der Waals surface area contributed by atoms with E-state index in [-0.39, 0.29) is 0 Å². The molecule has 1 unspecified atom stereocenters. The molecular weight excluding hydrogens is 437 g/mol. The minimum absolute atomic E-state index is 0.307. The summed E-state index contributed by atoms with van der Waals surface area (Å²) in [7, 11) is 0. The highest BCUT2D eigenvalue weighted by Gasteiger charge is 2.20. The summed E-state index contributed by atoms with van der Waals surface area (Å²) in [6.07, 6.45) is -1.03. The Morgan fingerprint density at radius 2 is 1.71 bits per heavy atom. The summed E-state index contributed by atoms with van der Waals surface area (Å²) < 4.78 is 5.32. The summed E-state index contributed by atoms with van der Waals surface area (Å²) in [6.45, 7) is 1.49. The maximum Gasteiger partial charge on any atom is 0.338 e. The molecule has 0 spiro atoms. The number of anilines is 1. The van der Waals surface area contributed by atoms with Gasteiger partial charge in [-0.15, -0.1) is 0 Å². The molecule has 4 rings (SSSR count). The topological polar surface area (TPSA) is 84.1 Å². The van der Waals surface area contributed by atoms with E-state index < -0.39 is 18.0 Å². The van der Waals surface area contributed by atoms with Gasteiger partial charge in [-0.1, -0.05) is 53.5 Å². The number of aromatic nitrogens is 2. The highest BCUT2D eigenvalue weighted by molar-refractivity contribution is 6.35. The Bertz CT molecular complexity index is 1250. The largest absolute Gasteiger partial charge is 0.449 e. The van der Waals surface area contributed by atoms with Crippen LogP contribution in [0.1, 0.15) is 17.3 Å². The zero-order valence-corrected chi connectivity index (χ0v) is 17.9. The van der Waals surface area contributed by atoms with E-state index >= 15 is 0 Å². The van der Waals surface area contributed by atoms with Crippen LogP contribution in [-0.2, 0) is 9.53 Å². The van der Waals surface area contributed by atoms with Crippen LogP contribution in [0.3, 0.4) is 0 Å². The number of H-pyrrole nitrogens is 1. The molecule has 0 fully saturated rings. The van der Waals surface area contributed by atoms with Crippen LogP contribution < -0.4 is 5.32 Å². The van der Waals surface area contributed by atoms with Gasteiger partial charge in [-0.25, -0.2) is 9.78 Å². The minimum atomic E-state index is -1.03. The number of halogens is 2. The van der Waals surface area contributed by atoms with Crippen molar-refractivity contribution in [3.8, 4) is 11.4 Å². The van der Waals surface area contributed by atoms with Gasteiger partial charge in [0.25, 0.3) is 5.91 Å². The van der Waals surface area contributed by atoms with Crippen molar-refractivity contribution in [1.29, 1.82) is 0 Å². The summed E-state index contributed by atoms with van der Waals surface area (Å²) in [5.41, 5.74) is 3.08. The molecule has 0 aliphatic carbocycles. The molecule has 1 aromatic heterocycles. The number of ether oxygens (including phenoxy) is 1. The molecule has 156 valence electrons. The second-order valence-electron chi connectivity index (χ2n) is 6.88. The first kappa shape index (κ1) is 20.9. The van der Waals surface area contributed by atoms with E-state index in [1.165, 1.54) is 6.92 Å². The molecule has 1 heterocycles. The predicted molar refractivity (Wildman–Crippen MR) is 121 cm³/mol. The second-order valence-corrected chi connectivity index (χ2v) is 7.75. The van der Waals surface area contributed by atoms with Gasteiger partial charge in [0.15, 0.2) is 6.10 Å². The van der Waals surface area contributed by atoms with Crippen LogP contribution in [0.15, 0.2) is 66.7 Å². The fourth-order valence-corrected chi connectivity index (χ4v) is 3.55. The smallest absolute Gasteiger partial charge is 0.338 e. The summed E-state index contributed by atoms with van der Waals surface area (Å²) in [5, 5.41) is 3.40. The van der Waals surface area contributed by atoms with Crippen LogP contribution in [0.5, 0.6) is 0 Å². The molecule has 1 amide bonds. The lowest BCUT2D eigenvalue weighted by atomic mass is 10.2. The number of benzene rings is 3. The third-order valence-electron chi connectivity index (χ3n) is 4.55. The molecule has 0 saturated heterocycles. The number of nitrogens with one attached hydrogen (secondary N) is 2. The Kier molecular flexibility index (Phi) is 5.93. The van der Waals surface area contributed by atoms with Gasteiger partial charge in [-0.05, 0) is 43.3 Å². The van der Waals surface area contributed by atoms with Crippen LogP contribution in [0, 0.1) is 0 Å². The average Bonchev–Trinajstić information content (AvgIpc) is 3.17. The molecule has 0 bridgehead atoms. The summed E-state index contributed by atoms with van der Waals surface area (Å²) in [5.74, 6) is -0.417. The van der Waals surface area contributed by atoms with Crippen molar-refractivity contribution >= 4 is 51.8 Å². The van der Waals surface area contributed by atoms with Crippen LogP contribution in [0.4, 0.5) is 5.69 Å². The normalized spacial score (nSPS) is 11.8. The molecule has 3 aromatic carbocycles. The number of hydrogen-bond acceptors (Lipinski definition) is 4. The molecule has 0 saturated carbocycles. The van der Waals surface area contributed by atoms with E-state index in [0.717, 1.165) is 11.1 Å². The molecule has 0 aliphatic rings. The Morgan fingerprint density at radius 3 is 2.42 bits per heavy atom. The average molecular weight is 454 g/mol. The van der Waals surface area contributed by atoms with Gasteiger partial charge in [-0.2, -0.15) is 0 Å². The van der Waals surface area contributed by atoms with Crippen LogP contribution in [0.25, 0.3) is 22.4 Å². The maximum atomic E-state index is 12.6. The monoisotopic (exact) mass is 453 g/mol. The zero-order valence-electron chi connectivity index (χ0n) is 16.4. The summed E-state index contributed by atoms with van der Waals surface area (Å²) in [6, 6.07) is 19.3. The molecule has 2 N–H and O–H groups in total. The minimum Gasteiger partial charge on any atom is -0.449 e. The Hall–Kier alpha value is -3.35. The highest BCUT2D eigenvalue weighted by Crippen LogP contribution is 2.23. The highest BCUT2D eigenvalue weighted by atomic mass is 35.5. The van der Waals surface area contributed by atoms with Gasteiger partial charge in [-0.3, -0.25) is 4.79 Å². The predicted octanol–water partition coefficient (Wildman–Crippen LogP) is 5.72. The lowest BCUT2D eigenvalue weighted by Gasteiger charge is -2.14. The number of rotatable bonds is 5. The lowest BCUT2D eigenvalue weighted by molar-refractivity contribution is -0.123. The van der Waals surface area contributed by atoms with Crippen molar-refractivity contribution in [2.45, 2.75) is 13.0 Å². The van der Waals surface area contributed by atoms with Gasteiger partial charge in [0.1, 0.15) is 5.82 Å². The molecular formula is C23H17Cl2N3O3. The number of fused-ring (bicyclic) bond motifs is 1. The maximum absolute atomic E-state index is 12.6. The van der Waals surface area contributed by atoms with Crippen molar-refractivity contribution < 1.29 is 14.3 Å². The number of esters is 1. The molecule has 6 nitrogen and oxygen atoms in total. The van der Waals surface area contributed by atoms with Crippen LogP contribution in [0.2, 0.25) is 10.0 Å². The molecule has 8 heteroatoms. The first-order valence-electron chi connectivity index (χ1n) is 9.42. The first-order chi connectivity index (χ1) is 14.9. The van der Waals surface area contributed by atoms with Gasteiger partial charge in [0.05, 0.1) is 16.6 Å². The van der Waals surface area contributed by atoms with Gasteiger partial charge >= 0.3 is 5.97 Å². The molecule has 4 aromatic rings. The standard InChI is InChI=1S/C23H17Cl2N3O3/c1-13(22(29)26-18-11-16(24)10-17(25)12-18)31-23(30)15-7-8-19-20(9-15)28-21(27-19)14-5-3-2-4-6-14/h2-13H,1H3,(H,26,29)(H,27,28). The van der Waals surface area contributed by atoms with Crippen molar-refractivity contribution in [2.75, 3.05) is 5.32 Å². The van der Waals surface area contributed by atoms with E-state index in [2.05, 4.69) is 15.3 Å². The van der Waals surface area contributed by atoms with Crippen molar-refractivity contribution in [3.63, 3.8) is 0 Å². The number of carbonyl (C=O) groups is 2. The number of carbonyl (C=O) groups excluding carboxylic acids is 2. The van der Waals surface area contributed by atoms with Gasteiger partial charge < -0.3 is 15.0 Å². The van der Waals surface area contributed by atoms with E-state index in [0.29, 0.717) is 32.6 Å². The number of hydrogen-bond donors (Lipinski definition) is 2. The fraction of sp³-hybridized carbons (Fsp3) is 0.0870. The summed E-state index contributed by atoms with van der Waals surface area (Å²) >= 11 is 11.9. The Morgan fingerprint density at radius 1 is 1.00 bits per heavy atom. The number of aromatic amines is 1. The third-order valence-corrected chi connectivity index (χ3v) is 4.98. The zero-order chi connectivity index (χ0) is 22.0. The molecule has 31 heavy (non-hydrogen) atoms. The van der Waals surface area contributed by atoms with E-state index in [1.807, 2.05) is 30.3 Å². The SMILES string of the molecule is CC(OC(=O)c1ccc2nc(-c3ccccc3)[nH]c2c1)C(=O)Nc1cc(Cl)cc(Cl)c1. The molecule has 1 atom stereocenters. The number of nitrogens with zero attached hydrogens (tertiary/aromatic N) is 1. The van der Waals surface area contributed by atoms with E-state index in [1.54, 1.807) is 36.4 Å². The molecule has 0 aliphatic heterocycles. The van der Waals surface area contributed by atoms with Gasteiger partial charge in [0.2, 0.25) is 0 Å². The van der Waals surface area contributed by atoms with Gasteiger partial charge in [0, 0.05) is 21.3 Å². The van der Waals surface area contributed by atoms with Crippen molar-refractivity contribution in [1.82, 2.24) is 9.97 Å². The molecule has 0 radical (unpaired) electrons. The van der Waals surface area contributed by atoms with Crippen LogP contribution in [-0.4, -0.2) is 27.9 Å². The lowest BCUT2D eigenvalue weighted by Crippen LogP contribution is -2.30. The van der Waals surface area contributed by atoms with E-state index in [4.69, 9.17) is 27.9 Å². The number of amides is 1. The Balaban J connectivity index is 1.46. The second kappa shape index (κ2) is 8.79. The summed E-state index contributed by atoms with van der Waals surface area (Å²) in [4.78, 5) is 32.7. The fourth-order valence-electron chi connectivity index (χ4n) is 3.02. The third kappa shape index (κ3) is 4.87. The van der Waals surface area contributed by atoms with Crippen molar-refractivity contribution in [3.05, 3.63) is 82.3 Å². The Labute approximate surface area is 188 Å². The van der Waals surface area contributed by atoms with Crippen LogP contribution >= 0.6 is 23.2 Å². The van der Waals surface area contributed by atoms with Crippen molar-refractivity contribution in [2.24, 2.45) is 0 Å².